The van der Waals surface area contributed by atoms with Gasteiger partial charge in [0, 0.05) is 12.3 Å². The van der Waals surface area contributed by atoms with Crippen LogP contribution in [0.1, 0.15) is 0 Å². The number of nitrogen functional groups attached to an aromatic ring is 1. The summed E-state index contributed by atoms with van der Waals surface area (Å²) in [7, 11) is 0. The summed E-state index contributed by atoms with van der Waals surface area (Å²) >= 11 is 5.73. The molecular formula is C9H8ClN5. The summed E-state index contributed by atoms with van der Waals surface area (Å²) in [6.45, 7) is 0. The summed E-state index contributed by atoms with van der Waals surface area (Å²) in [5.41, 5.74) is 6.26. The van der Waals surface area contributed by atoms with Gasteiger partial charge in [-0.25, -0.2) is 4.98 Å². The van der Waals surface area contributed by atoms with E-state index >= 15 is 0 Å². The molecule has 0 saturated carbocycles. The molecule has 0 amide bonds. The highest BCUT2D eigenvalue weighted by Crippen LogP contribution is 2.16. The first-order chi connectivity index (χ1) is 7.24. The molecule has 0 bridgehead atoms. The van der Waals surface area contributed by atoms with Crippen molar-refractivity contribution in [2.75, 3.05) is 11.1 Å². The van der Waals surface area contributed by atoms with E-state index in [0.717, 1.165) is 5.69 Å². The maximum absolute atomic E-state index is 5.73. The fraction of sp³-hybridized carbons (Fsp3) is 0. The van der Waals surface area contributed by atoms with E-state index < -0.39 is 0 Å². The maximum atomic E-state index is 5.73. The molecule has 0 atom stereocenters. The van der Waals surface area contributed by atoms with E-state index in [0.29, 0.717) is 11.0 Å². The monoisotopic (exact) mass is 221 g/mol. The number of anilines is 3. The predicted octanol–water partition coefficient (Wildman–Crippen LogP) is 1.85. The summed E-state index contributed by atoms with van der Waals surface area (Å²) in [4.78, 5) is 11.7. The van der Waals surface area contributed by atoms with Gasteiger partial charge in [-0.2, -0.15) is 4.98 Å². The van der Waals surface area contributed by atoms with Crippen LogP contribution in [0.5, 0.6) is 0 Å². The molecule has 2 aromatic rings. The van der Waals surface area contributed by atoms with Gasteiger partial charge in [-0.1, -0.05) is 11.6 Å². The van der Waals surface area contributed by atoms with Gasteiger partial charge in [0.25, 0.3) is 0 Å². The summed E-state index contributed by atoms with van der Waals surface area (Å²) in [5.74, 6) is 0.675. The van der Waals surface area contributed by atoms with Gasteiger partial charge in [-0.15, -0.1) is 0 Å². The minimum Gasteiger partial charge on any atom is -0.368 e. The number of halogens is 1. The van der Waals surface area contributed by atoms with Crippen molar-refractivity contribution in [1.29, 1.82) is 0 Å². The summed E-state index contributed by atoms with van der Waals surface area (Å²) in [6, 6.07) is 5.26. The molecule has 0 radical (unpaired) electrons. The lowest BCUT2D eigenvalue weighted by molar-refractivity contribution is 1.18. The van der Waals surface area contributed by atoms with Crippen molar-refractivity contribution in [3.05, 3.63) is 35.7 Å². The van der Waals surface area contributed by atoms with E-state index in [1.807, 2.05) is 12.1 Å². The molecule has 0 saturated heterocycles. The highest BCUT2D eigenvalue weighted by atomic mass is 35.5. The number of hydrogen-bond donors (Lipinski definition) is 2. The smallest absolute Gasteiger partial charge is 0.223 e. The molecular weight excluding hydrogens is 214 g/mol. The van der Waals surface area contributed by atoms with E-state index in [2.05, 4.69) is 20.3 Å². The lowest BCUT2D eigenvalue weighted by Gasteiger charge is -2.05. The van der Waals surface area contributed by atoms with Crippen LogP contribution in [0.4, 0.5) is 17.5 Å². The van der Waals surface area contributed by atoms with Crippen LogP contribution in [-0.2, 0) is 0 Å². The Morgan fingerprint density at radius 2 is 2.20 bits per heavy atom. The highest BCUT2D eigenvalue weighted by molar-refractivity contribution is 6.29. The zero-order valence-corrected chi connectivity index (χ0v) is 8.44. The van der Waals surface area contributed by atoms with Crippen LogP contribution in [0.3, 0.4) is 0 Å². The standard InChI is InChI=1S/C9H8ClN5/c10-7-4-8(15-9(11)14-7)13-6-2-1-3-12-5-6/h1-5H,(H3,11,13,14,15). The molecule has 0 fully saturated rings. The first kappa shape index (κ1) is 9.67. The van der Waals surface area contributed by atoms with Crippen LogP contribution >= 0.6 is 11.6 Å². The maximum Gasteiger partial charge on any atom is 0.223 e. The number of aromatic nitrogens is 3. The van der Waals surface area contributed by atoms with Gasteiger partial charge < -0.3 is 11.1 Å². The minimum atomic E-state index is 0.133. The molecule has 2 rings (SSSR count). The number of hydrogen-bond acceptors (Lipinski definition) is 5. The van der Waals surface area contributed by atoms with Crippen molar-refractivity contribution in [3.8, 4) is 0 Å². The average molecular weight is 222 g/mol. The zero-order chi connectivity index (χ0) is 10.7. The first-order valence-corrected chi connectivity index (χ1v) is 4.59. The van der Waals surface area contributed by atoms with Crippen LogP contribution in [0, 0.1) is 0 Å². The molecule has 0 aliphatic carbocycles. The Hall–Kier alpha value is -1.88. The number of nitrogens with zero attached hydrogens (tertiary/aromatic N) is 3. The van der Waals surface area contributed by atoms with Crippen LogP contribution in [0.15, 0.2) is 30.6 Å². The molecule has 2 aromatic heterocycles. The van der Waals surface area contributed by atoms with E-state index in [-0.39, 0.29) is 5.95 Å². The number of nitrogens with two attached hydrogens (primary N) is 1. The average Bonchev–Trinajstić information content (AvgIpc) is 2.17. The van der Waals surface area contributed by atoms with E-state index in [1.54, 1.807) is 18.5 Å². The Morgan fingerprint density at radius 1 is 1.33 bits per heavy atom. The van der Waals surface area contributed by atoms with Gasteiger partial charge in [0.2, 0.25) is 5.95 Å². The molecule has 15 heavy (non-hydrogen) atoms. The van der Waals surface area contributed by atoms with Gasteiger partial charge >= 0.3 is 0 Å². The van der Waals surface area contributed by atoms with Gasteiger partial charge in [-0.05, 0) is 12.1 Å². The SMILES string of the molecule is Nc1nc(Cl)cc(Nc2cccnc2)n1. The Kier molecular flexibility index (Phi) is 2.64. The van der Waals surface area contributed by atoms with E-state index in [9.17, 15) is 0 Å². The van der Waals surface area contributed by atoms with Gasteiger partial charge in [0.05, 0.1) is 11.9 Å². The second-order valence-corrected chi connectivity index (χ2v) is 3.19. The largest absolute Gasteiger partial charge is 0.368 e. The fourth-order valence-corrected chi connectivity index (χ4v) is 1.27. The third kappa shape index (κ3) is 2.54. The topological polar surface area (TPSA) is 76.7 Å². The summed E-state index contributed by atoms with van der Waals surface area (Å²) in [6.07, 6.45) is 3.36. The zero-order valence-electron chi connectivity index (χ0n) is 7.68. The van der Waals surface area contributed by atoms with Crippen molar-refractivity contribution in [2.45, 2.75) is 0 Å². The summed E-state index contributed by atoms with van der Waals surface area (Å²) in [5, 5.41) is 3.31. The molecule has 5 nitrogen and oxygen atoms in total. The summed E-state index contributed by atoms with van der Waals surface area (Å²) < 4.78 is 0. The Morgan fingerprint density at radius 3 is 2.87 bits per heavy atom. The lowest BCUT2D eigenvalue weighted by atomic mass is 10.4. The van der Waals surface area contributed by atoms with Crippen LogP contribution in [0.25, 0.3) is 0 Å². The predicted molar refractivity (Wildman–Crippen MR) is 59.0 cm³/mol. The first-order valence-electron chi connectivity index (χ1n) is 4.21. The Balaban J connectivity index is 2.25. The molecule has 0 spiro atoms. The van der Waals surface area contributed by atoms with Crippen LogP contribution in [-0.4, -0.2) is 15.0 Å². The van der Waals surface area contributed by atoms with Gasteiger partial charge in [0.15, 0.2) is 0 Å². The Bertz CT molecular complexity index is 439. The molecule has 0 aliphatic heterocycles. The molecule has 6 heteroatoms. The lowest BCUT2D eigenvalue weighted by Crippen LogP contribution is -2.00. The normalized spacial score (nSPS) is 9.93. The second-order valence-electron chi connectivity index (χ2n) is 2.80. The van der Waals surface area contributed by atoms with E-state index in [4.69, 9.17) is 17.3 Å². The highest BCUT2D eigenvalue weighted by Gasteiger charge is 2.00. The van der Waals surface area contributed by atoms with Crippen molar-refractivity contribution < 1.29 is 0 Å². The fourth-order valence-electron chi connectivity index (χ4n) is 1.08. The molecule has 3 N–H and O–H groups in total. The molecule has 0 unspecified atom stereocenters. The molecule has 0 aliphatic rings. The third-order valence-corrected chi connectivity index (χ3v) is 1.84. The number of rotatable bonds is 2. The number of pyridine rings is 1. The van der Waals surface area contributed by atoms with Crippen LogP contribution in [0.2, 0.25) is 5.15 Å². The van der Waals surface area contributed by atoms with Gasteiger partial charge in [-0.3, -0.25) is 4.98 Å². The third-order valence-electron chi connectivity index (χ3n) is 1.65. The van der Waals surface area contributed by atoms with Crippen molar-refractivity contribution >= 4 is 29.1 Å². The van der Waals surface area contributed by atoms with E-state index in [1.165, 1.54) is 0 Å². The Labute approximate surface area is 91.3 Å². The van der Waals surface area contributed by atoms with Crippen LogP contribution < -0.4 is 11.1 Å². The second kappa shape index (κ2) is 4.10. The molecule has 76 valence electrons. The van der Waals surface area contributed by atoms with Gasteiger partial charge in [0.1, 0.15) is 11.0 Å². The number of nitrogens with one attached hydrogen (secondary N) is 1. The minimum absolute atomic E-state index is 0.133. The quantitative estimate of drug-likeness (QED) is 0.757. The molecule has 0 aromatic carbocycles. The van der Waals surface area contributed by atoms with Crippen molar-refractivity contribution in [1.82, 2.24) is 15.0 Å². The van der Waals surface area contributed by atoms with Crippen molar-refractivity contribution in [2.24, 2.45) is 0 Å². The molecule has 2 heterocycles. The van der Waals surface area contributed by atoms with Crippen molar-refractivity contribution in [3.63, 3.8) is 0 Å².